The number of cyclic esters (lactones) is 1. The number of alkyl carbamates (subject to hydrolysis) is 1. The quantitative estimate of drug-likeness (QED) is 0.180. The normalized spacial score (nSPS) is 21.4. The molecule has 10 nitrogen and oxygen atoms in total. The van der Waals surface area contributed by atoms with Crippen molar-refractivity contribution in [1.29, 1.82) is 0 Å². The Morgan fingerprint density at radius 1 is 1.07 bits per heavy atom. The average molecular weight is 572 g/mol. The number of aliphatic hydroxyl groups excluding tert-OH is 1. The minimum atomic E-state index is -0.592. The maximum Gasteiger partial charge on any atom is 0.407 e. The zero-order chi connectivity index (χ0) is 29.3. The van der Waals surface area contributed by atoms with E-state index in [9.17, 15) is 24.3 Å². The zero-order valence-electron chi connectivity index (χ0n) is 23.9. The van der Waals surface area contributed by atoms with Gasteiger partial charge < -0.3 is 30.5 Å². The Bertz CT molecular complexity index is 1010. The van der Waals surface area contributed by atoms with Gasteiger partial charge in [0, 0.05) is 19.4 Å². The molecule has 1 aliphatic carbocycles. The zero-order valence-corrected chi connectivity index (χ0v) is 23.9. The van der Waals surface area contributed by atoms with E-state index in [0.717, 1.165) is 31.2 Å². The molecule has 226 valence electrons. The maximum atomic E-state index is 13.3. The number of ether oxygens (including phenoxy) is 2. The molecule has 2 aliphatic rings. The van der Waals surface area contributed by atoms with Gasteiger partial charge in [-0.05, 0) is 56.9 Å². The highest BCUT2D eigenvalue weighted by molar-refractivity contribution is 5.86. The molecule has 0 spiro atoms. The van der Waals surface area contributed by atoms with Crippen LogP contribution in [0.3, 0.4) is 0 Å². The van der Waals surface area contributed by atoms with Gasteiger partial charge in [0.05, 0.1) is 24.1 Å². The van der Waals surface area contributed by atoms with Crippen LogP contribution in [0.2, 0.25) is 0 Å². The number of aliphatic hydroxyl groups is 1. The predicted molar refractivity (Wildman–Crippen MR) is 154 cm³/mol. The van der Waals surface area contributed by atoms with Crippen molar-refractivity contribution in [1.82, 2.24) is 16.0 Å². The van der Waals surface area contributed by atoms with Gasteiger partial charge in [-0.25, -0.2) is 4.79 Å². The Hall–Kier alpha value is -3.40. The molecule has 1 aromatic carbocycles. The van der Waals surface area contributed by atoms with Crippen LogP contribution in [0, 0.1) is 5.92 Å². The van der Waals surface area contributed by atoms with E-state index in [1.807, 2.05) is 42.5 Å². The molecule has 3 amide bonds. The summed E-state index contributed by atoms with van der Waals surface area (Å²) in [6.07, 6.45) is 10.6. The summed E-state index contributed by atoms with van der Waals surface area (Å²) >= 11 is 0. The molecule has 2 atom stereocenters. The summed E-state index contributed by atoms with van der Waals surface area (Å²) in [7, 11) is 0. The van der Waals surface area contributed by atoms with E-state index >= 15 is 0 Å². The summed E-state index contributed by atoms with van der Waals surface area (Å²) in [5.74, 6) is -1.39. The summed E-state index contributed by atoms with van der Waals surface area (Å²) in [6.45, 7) is 0.551. The third kappa shape index (κ3) is 11.9. The van der Waals surface area contributed by atoms with Crippen LogP contribution in [0.15, 0.2) is 42.5 Å². The first-order chi connectivity index (χ1) is 19.9. The van der Waals surface area contributed by atoms with Crippen LogP contribution in [0.1, 0.15) is 82.6 Å². The number of hydrogen-bond acceptors (Lipinski definition) is 7. The van der Waals surface area contributed by atoms with Gasteiger partial charge in [0.25, 0.3) is 0 Å². The van der Waals surface area contributed by atoms with Crippen LogP contribution in [-0.2, 0) is 30.5 Å². The van der Waals surface area contributed by atoms with Gasteiger partial charge in [-0.1, -0.05) is 55.3 Å². The van der Waals surface area contributed by atoms with Crippen molar-refractivity contribution in [2.75, 3.05) is 19.8 Å². The van der Waals surface area contributed by atoms with Gasteiger partial charge in [0.1, 0.15) is 13.2 Å². The lowest BCUT2D eigenvalue weighted by molar-refractivity contribution is -0.145. The molecule has 0 saturated heterocycles. The molecule has 4 N–H and O–H groups in total. The van der Waals surface area contributed by atoms with Gasteiger partial charge in [0.2, 0.25) is 11.8 Å². The van der Waals surface area contributed by atoms with Gasteiger partial charge in [0.15, 0.2) is 0 Å². The molecule has 1 fully saturated rings. The SMILES string of the molecule is O=C(CC1CC=CCCCC(=O)OCC(CCCCNC(=O)OCc2ccccc2)NC1=O)NC1(CO)CCCC1. The van der Waals surface area contributed by atoms with Crippen LogP contribution >= 0.6 is 0 Å². The molecule has 2 unspecified atom stereocenters. The summed E-state index contributed by atoms with van der Waals surface area (Å²) < 4.78 is 10.7. The molecule has 1 aromatic rings. The number of benzene rings is 1. The number of rotatable bonds is 11. The topological polar surface area (TPSA) is 143 Å². The Balaban J connectivity index is 1.49. The van der Waals surface area contributed by atoms with Crippen molar-refractivity contribution >= 4 is 23.9 Å². The van der Waals surface area contributed by atoms with Gasteiger partial charge in [-0.2, -0.15) is 0 Å². The van der Waals surface area contributed by atoms with E-state index in [1.165, 1.54) is 0 Å². The summed E-state index contributed by atoms with van der Waals surface area (Å²) in [5, 5.41) is 18.6. The second kappa shape index (κ2) is 17.4. The van der Waals surface area contributed by atoms with Crippen LogP contribution < -0.4 is 16.0 Å². The summed E-state index contributed by atoms with van der Waals surface area (Å²) in [4.78, 5) is 50.4. The molecule has 0 bridgehead atoms. The Kier molecular flexibility index (Phi) is 13.6. The first kappa shape index (κ1) is 32.1. The Morgan fingerprint density at radius 3 is 2.61 bits per heavy atom. The van der Waals surface area contributed by atoms with Crippen molar-refractivity contribution in [2.24, 2.45) is 5.92 Å². The first-order valence-electron chi connectivity index (χ1n) is 14.9. The standard InChI is InChI=1S/C31H45N3O7/c35-23-31(17-9-10-18-31)34-27(36)20-25-14-6-1-2-7-16-28(37)40-22-26(33-29(25)38)15-8-11-19-32-30(39)41-21-24-12-4-3-5-13-24/h1,3-6,12-13,25-26,35H,2,7-11,14-23H2,(H,32,39)(H,33,38)(H,34,36). The monoisotopic (exact) mass is 571 g/mol. The van der Waals surface area contributed by atoms with Crippen LogP contribution in [0.25, 0.3) is 0 Å². The lowest BCUT2D eigenvalue weighted by Gasteiger charge is -2.29. The van der Waals surface area contributed by atoms with Crippen molar-refractivity contribution in [2.45, 2.75) is 95.2 Å². The number of allylic oxidation sites excluding steroid dienone is 2. The molecule has 0 aromatic heterocycles. The van der Waals surface area contributed by atoms with E-state index in [-0.39, 0.29) is 44.0 Å². The van der Waals surface area contributed by atoms with E-state index in [1.54, 1.807) is 0 Å². The lowest BCUT2D eigenvalue weighted by Crippen LogP contribution is -2.50. The van der Waals surface area contributed by atoms with Crippen molar-refractivity contribution in [3.8, 4) is 0 Å². The van der Waals surface area contributed by atoms with Gasteiger partial charge in [-0.3, -0.25) is 14.4 Å². The average Bonchev–Trinajstić information content (AvgIpc) is 3.44. The number of carbonyl (C=O) groups excluding carboxylic acids is 4. The van der Waals surface area contributed by atoms with E-state index in [4.69, 9.17) is 9.47 Å². The number of unbranched alkanes of at least 4 members (excludes halogenated alkanes) is 1. The molecule has 3 rings (SSSR count). The highest BCUT2D eigenvalue weighted by atomic mass is 16.5. The third-order valence-electron chi connectivity index (χ3n) is 7.66. The highest BCUT2D eigenvalue weighted by Crippen LogP contribution is 2.29. The summed E-state index contributed by atoms with van der Waals surface area (Å²) in [6, 6.07) is 9.02. The summed E-state index contributed by atoms with van der Waals surface area (Å²) in [5.41, 5.74) is 0.315. The lowest BCUT2D eigenvalue weighted by atomic mass is 9.95. The van der Waals surface area contributed by atoms with Crippen LogP contribution in [-0.4, -0.2) is 60.3 Å². The van der Waals surface area contributed by atoms with E-state index < -0.39 is 23.6 Å². The van der Waals surface area contributed by atoms with E-state index in [2.05, 4.69) is 16.0 Å². The van der Waals surface area contributed by atoms with Crippen molar-refractivity contribution < 1.29 is 33.8 Å². The van der Waals surface area contributed by atoms with E-state index in [0.29, 0.717) is 51.5 Å². The smallest absolute Gasteiger partial charge is 0.407 e. The minimum Gasteiger partial charge on any atom is -0.463 e. The number of nitrogens with one attached hydrogen (secondary N) is 3. The van der Waals surface area contributed by atoms with Crippen molar-refractivity contribution in [3.05, 3.63) is 48.0 Å². The highest BCUT2D eigenvalue weighted by Gasteiger charge is 2.35. The number of amides is 3. The molecule has 1 aliphatic heterocycles. The van der Waals surface area contributed by atoms with Gasteiger partial charge >= 0.3 is 12.1 Å². The molecule has 41 heavy (non-hydrogen) atoms. The second-order valence-corrected chi connectivity index (χ2v) is 11.1. The fourth-order valence-electron chi connectivity index (χ4n) is 5.23. The third-order valence-corrected chi connectivity index (χ3v) is 7.66. The molecule has 1 heterocycles. The number of hydrogen-bond donors (Lipinski definition) is 4. The maximum absolute atomic E-state index is 13.3. The fourth-order valence-corrected chi connectivity index (χ4v) is 5.23. The van der Waals surface area contributed by atoms with Gasteiger partial charge in [-0.15, -0.1) is 0 Å². The molecular formula is C31H45N3O7. The molecule has 10 heteroatoms. The molecular weight excluding hydrogens is 526 g/mol. The second-order valence-electron chi connectivity index (χ2n) is 11.1. The van der Waals surface area contributed by atoms with Crippen molar-refractivity contribution in [3.63, 3.8) is 0 Å². The molecule has 1 saturated carbocycles. The fraction of sp³-hybridized carbons (Fsp3) is 0.613. The van der Waals surface area contributed by atoms with Crippen LogP contribution in [0.5, 0.6) is 0 Å². The molecule has 0 radical (unpaired) electrons. The number of carbonyl (C=O) groups is 4. The van der Waals surface area contributed by atoms with Crippen LogP contribution in [0.4, 0.5) is 4.79 Å². The minimum absolute atomic E-state index is 0.0133. The number of esters is 1. The Morgan fingerprint density at radius 2 is 1.85 bits per heavy atom. The Labute approximate surface area is 242 Å². The largest absolute Gasteiger partial charge is 0.463 e. The predicted octanol–water partition coefficient (Wildman–Crippen LogP) is 3.67. The first-order valence-corrected chi connectivity index (χ1v) is 14.9.